The van der Waals surface area contributed by atoms with Gasteiger partial charge in [-0.3, -0.25) is 0 Å². The molecule has 0 aromatic carbocycles. The van der Waals surface area contributed by atoms with Crippen LogP contribution in [0.5, 0.6) is 0 Å². The van der Waals surface area contributed by atoms with Crippen LogP contribution in [0.3, 0.4) is 0 Å². The Hall–Kier alpha value is 0.0900. The highest BCUT2D eigenvalue weighted by molar-refractivity contribution is 7.80. The summed E-state index contributed by atoms with van der Waals surface area (Å²) in [7, 11) is 0. The van der Waals surface area contributed by atoms with Crippen LogP contribution in [0, 0.1) is 0 Å². The minimum atomic E-state index is 0.920. The largest absolute Gasteiger partial charge is 0.179 e. The summed E-state index contributed by atoms with van der Waals surface area (Å²) in [6, 6.07) is 0. The van der Waals surface area contributed by atoms with E-state index in [9.17, 15) is 0 Å². The van der Waals surface area contributed by atoms with E-state index in [1.807, 2.05) is 6.08 Å². The molecule has 0 rings (SSSR count). The summed E-state index contributed by atoms with van der Waals surface area (Å²) in [6.45, 7) is 3.50. The Balaban J connectivity index is 2.40. The van der Waals surface area contributed by atoms with E-state index in [0.29, 0.717) is 0 Å². The van der Waals surface area contributed by atoms with Gasteiger partial charge in [-0.25, -0.2) is 0 Å². The number of rotatable bonds is 2. The number of hydrogen-bond acceptors (Lipinski definition) is 1. The maximum atomic E-state index is 3.93. The fourth-order valence-electron chi connectivity index (χ4n) is 0.0913. The lowest BCUT2D eigenvalue weighted by molar-refractivity contribution is 1.26. The average Bonchev–Trinajstić information content (AvgIpc) is 1.41. The zero-order chi connectivity index (χ0) is 4.12. The molecule has 0 saturated carbocycles. The molecule has 1 heteroatoms. The van der Waals surface area contributed by atoms with Crippen molar-refractivity contribution in [2.45, 2.75) is 6.42 Å². The molecule has 0 aliphatic carbocycles. The Morgan fingerprint density at radius 3 is 2.40 bits per heavy atom. The second-order valence-electron chi connectivity index (χ2n) is 0.801. The van der Waals surface area contributed by atoms with Crippen LogP contribution in [0.1, 0.15) is 6.42 Å². The quantitative estimate of drug-likeness (QED) is 0.384. The minimum absolute atomic E-state index is 0.920. The van der Waals surface area contributed by atoms with Crippen molar-refractivity contribution in [2.24, 2.45) is 0 Å². The van der Waals surface area contributed by atoms with Crippen molar-refractivity contribution in [2.75, 3.05) is 5.75 Å². The standard InChI is InChI=1S/C4H8S/c1-2-3-4-5/h2,5H,1,3-4H2. The molecule has 0 aromatic rings. The van der Waals surface area contributed by atoms with E-state index in [2.05, 4.69) is 19.2 Å². The van der Waals surface area contributed by atoms with Crippen LogP contribution < -0.4 is 0 Å². The number of thiol groups is 1. The van der Waals surface area contributed by atoms with Crippen LogP contribution in [0.15, 0.2) is 12.7 Å². The fourth-order valence-corrected chi connectivity index (χ4v) is 0.274. The van der Waals surface area contributed by atoms with Gasteiger partial charge in [-0.15, -0.1) is 6.58 Å². The van der Waals surface area contributed by atoms with Gasteiger partial charge in [0.05, 0.1) is 0 Å². The zero-order valence-corrected chi connectivity index (χ0v) is 4.04. The lowest BCUT2D eigenvalue weighted by Gasteiger charge is -1.72. The SMILES string of the molecule is C=CCCS. The van der Waals surface area contributed by atoms with E-state index >= 15 is 0 Å². The highest BCUT2D eigenvalue weighted by Gasteiger charge is 1.62. The summed E-state index contributed by atoms with van der Waals surface area (Å²) < 4.78 is 0. The highest BCUT2D eigenvalue weighted by Crippen LogP contribution is 1.79. The second kappa shape index (κ2) is 4.09. The Morgan fingerprint density at radius 1 is 1.80 bits per heavy atom. The molecule has 30 valence electrons. The van der Waals surface area contributed by atoms with Crippen molar-refractivity contribution in [1.82, 2.24) is 0 Å². The molecule has 0 N–H and O–H groups in total. The first kappa shape index (κ1) is 5.09. The summed E-state index contributed by atoms with van der Waals surface area (Å²) in [5, 5.41) is 0. The van der Waals surface area contributed by atoms with Crippen LogP contribution in [0.25, 0.3) is 0 Å². The predicted molar refractivity (Wildman–Crippen MR) is 28.7 cm³/mol. The van der Waals surface area contributed by atoms with Crippen LogP contribution >= 0.6 is 12.6 Å². The lowest BCUT2D eigenvalue weighted by Crippen LogP contribution is -1.59. The Labute approximate surface area is 38.3 Å². The Morgan fingerprint density at radius 2 is 2.40 bits per heavy atom. The van der Waals surface area contributed by atoms with Crippen molar-refractivity contribution in [3.63, 3.8) is 0 Å². The van der Waals surface area contributed by atoms with E-state index in [1.165, 1.54) is 0 Å². The molecule has 0 radical (unpaired) electrons. The topological polar surface area (TPSA) is 0 Å². The highest BCUT2D eigenvalue weighted by atomic mass is 32.1. The van der Waals surface area contributed by atoms with Crippen molar-refractivity contribution >= 4 is 12.6 Å². The first-order valence-corrected chi connectivity index (χ1v) is 2.27. The Bertz CT molecular complexity index is 24.8. The first-order chi connectivity index (χ1) is 2.41. The molecule has 0 aromatic heterocycles. The van der Waals surface area contributed by atoms with Crippen LogP contribution in [0.4, 0.5) is 0 Å². The van der Waals surface area contributed by atoms with Crippen molar-refractivity contribution in [1.29, 1.82) is 0 Å². The van der Waals surface area contributed by atoms with Gasteiger partial charge >= 0.3 is 0 Å². The molecule has 5 heavy (non-hydrogen) atoms. The molecule has 0 atom stereocenters. The molecule has 0 fully saturated rings. The maximum Gasteiger partial charge on any atom is -0.00634 e. The number of hydrogen-bond donors (Lipinski definition) is 1. The van der Waals surface area contributed by atoms with Gasteiger partial charge in [-0.1, -0.05) is 6.08 Å². The smallest absolute Gasteiger partial charge is 0.00634 e. The third kappa shape index (κ3) is 4.09. The third-order valence-corrected chi connectivity index (χ3v) is 0.591. The Kier molecular flexibility index (Phi) is 4.16. The summed E-state index contributed by atoms with van der Waals surface area (Å²) in [5.41, 5.74) is 0. The molecular formula is C4H8S. The molecule has 0 nitrogen and oxygen atoms in total. The molecule has 0 aliphatic heterocycles. The summed E-state index contributed by atoms with van der Waals surface area (Å²) in [4.78, 5) is 0. The summed E-state index contributed by atoms with van der Waals surface area (Å²) in [5.74, 6) is 0.920. The molecular weight excluding hydrogens is 80.1 g/mol. The van der Waals surface area contributed by atoms with Crippen LogP contribution in [-0.4, -0.2) is 5.75 Å². The normalized spacial score (nSPS) is 7.40. The monoisotopic (exact) mass is 88.0 g/mol. The lowest BCUT2D eigenvalue weighted by atomic mass is 10.5. The second-order valence-corrected chi connectivity index (χ2v) is 1.25. The van der Waals surface area contributed by atoms with E-state index in [0.717, 1.165) is 12.2 Å². The van der Waals surface area contributed by atoms with E-state index in [-0.39, 0.29) is 0 Å². The zero-order valence-electron chi connectivity index (χ0n) is 3.15. The van der Waals surface area contributed by atoms with E-state index < -0.39 is 0 Å². The van der Waals surface area contributed by atoms with Gasteiger partial charge in [0, 0.05) is 0 Å². The third-order valence-electron chi connectivity index (χ3n) is 0.333. The van der Waals surface area contributed by atoms with Gasteiger partial charge in [-0.05, 0) is 12.2 Å². The van der Waals surface area contributed by atoms with Crippen LogP contribution in [0.2, 0.25) is 0 Å². The van der Waals surface area contributed by atoms with Crippen LogP contribution in [-0.2, 0) is 0 Å². The fraction of sp³-hybridized carbons (Fsp3) is 0.500. The first-order valence-electron chi connectivity index (χ1n) is 1.63. The van der Waals surface area contributed by atoms with Crippen molar-refractivity contribution in [3.8, 4) is 0 Å². The van der Waals surface area contributed by atoms with Crippen molar-refractivity contribution < 1.29 is 0 Å². The van der Waals surface area contributed by atoms with Gasteiger partial charge in [0.2, 0.25) is 0 Å². The molecule has 0 amide bonds. The molecule has 0 bridgehead atoms. The van der Waals surface area contributed by atoms with Crippen molar-refractivity contribution in [3.05, 3.63) is 12.7 Å². The molecule has 0 saturated heterocycles. The van der Waals surface area contributed by atoms with Gasteiger partial charge < -0.3 is 0 Å². The minimum Gasteiger partial charge on any atom is -0.179 e. The van der Waals surface area contributed by atoms with Gasteiger partial charge in [0.15, 0.2) is 0 Å². The molecule has 0 aliphatic rings. The predicted octanol–water partition coefficient (Wildman–Crippen LogP) is 1.49. The van der Waals surface area contributed by atoms with Gasteiger partial charge in [0.25, 0.3) is 0 Å². The number of allylic oxidation sites excluding steroid dienone is 1. The molecule has 0 unspecified atom stereocenters. The maximum absolute atomic E-state index is 3.93. The summed E-state index contributed by atoms with van der Waals surface area (Å²) in [6.07, 6.45) is 2.87. The van der Waals surface area contributed by atoms with E-state index in [4.69, 9.17) is 0 Å². The average molecular weight is 88.2 g/mol. The van der Waals surface area contributed by atoms with Gasteiger partial charge in [0.1, 0.15) is 0 Å². The van der Waals surface area contributed by atoms with Gasteiger partial charge in [-0.2, -0.15) is 12.6 Å². The molecule has 0 spiro atoms. The summed E-state index contributed by atoms with van der Waals surface area (Å²) >= 11 is 3.93. The van der Waals surface area contributed by atoms with E-state index in [1.54, 1.807) is 0 Å². The molecule has 0 heterocycles.